The average Bonchev–Trinajstić information content (AvgIpc) is 3.09. The first-order valence-electron chi connectivity index (χ1n) is 10.8. The Morgan fingerprint density at radius 1 is 1.30 bits per heavy atom. The molecular formula is C21H38N6. The molecular weight excluding hydrogens is 336 g/mol. The summed E-state index contributed by atoms with van der Waals surface area (Å²) in [4.78, 5) is 7.09. The van der Waals surface area contributed by atoms with Crippen LogP contribution in [0.5, 0.6) is 0 Å². The summed E-state index contributed by atoms with van der Waals surface area (Å²) in [5.41, 5.74) is 2.66. The van der Waals surface area contributed by atoms with E-state index in [-0.39, 0.29) is 0 Å². The molecule has 2 heterocycles. The molecule has 0 aromatic carbocycles. The Balaban J connectivity index is 1.50. The lowest BCUT2D eigenvalue weighted by molar-refractivity contribution is 0.115. The Kier molecular flexibility index (Phi) is 6.79. The van der Waals surface area contributed by atoms with E-state index in [1.165, 1.54) is 37.1 Å². The molecule has 0 spiro atoms. The van der Waals surface area contributed by atoms with Gasteiger partial charge in [-0.25, -0.2) is 0 Å². The number of rotatable bonds is 5. The fraction of sp³-hybridized carbons (Fsp3) is 0.810. The van der Waals surface area contributed by atoms with Gasteiger partial charge >= 0.3 is 0 Å². The molecule has 2 N–H and O–H groups in total. The van der Waals surface area contributed by atoms with E-state index in [1.807, 2.05) is 7.05 Å². The second-order valence-corrected chi connectivity index (χ2v) is 8.64. The predicted octanol–water partition coefficient (Wildman–Crippen LogP) is 2.75. The summed E-state index contributed by atoms with van der Waals surface area (Å²) in [6.45, 7) is 11.2. The molecule has 0 amide bonds. The van der Waals surface area contributed by atoms with Crippen molar-refractivity contribution in [1.29, 1.82) is 0 Å². The molecule has 1 aliphatic heterocycles. The molecule has 1 aromatic rings. The van der Waals surface area contributed by atoms with E-state index in [9.17, 15) is 0 Å². The Hall–Kier alpha value is -1.56. The smallest absolute Gasteiger partial charge is 0.191 e. The van der Waals surface area contributed by atoms with Crippen LogP contribution in [0.3, 0.4) is 0 Å². The van der Waals surface area contributed by atoms with E-state index < -0.39 is 0 Å². The van der Waals surface area contributed by atoms with Crippen LogP contribution in [0.2, 0.25) is 0 Å². The van der Waals surface area contributed by atoms with Crippen molar-refractivity contribution < 1.29 is 0 Å². The largest absolute Gasteiger partial charge is 0.355 e. The lowest BCUT2D eigenvalue weighted by atomic mass is 9.94. The van der Waals surface area contributed by atoms with Gasteiger partial charge in [0.2, 0.25) is 0 Å². The monoisotopic (exact) mass is 374 g/mol. The van der Waals surface area contributed by atoms with Crippen molar-refractivity contribution in [2.24, 2.45) is 4.99 Å². The van der Waals surface area contributed by atoms with Gasteiger partial charge in [-0.05, 0) is 65.5 Å². The van der Waals surface area contributed by atoms with Crippen LogP contribution >= 0.6 is 0 Å². The number of nitrogens with zero attached hydrogens (tertiary/aromatic N) is 4. The Bertz CT molecular complexity index is 635. The Morgan fingerprint density at radius 2 is 2.11 bits per heavy atom. The van der Waals surface area contributed by atoms with Crippen LogP contribution < -0.4 is 10.6 Å². The third-order valence-corrected chi connectivity index (χ3v) is 6.18. The van der Waals surface area contributed by atoms with Gasteiger partial charge < -0.3 is 10.6 Å². The lowest BCUT2D eigenvalue weighted by Gasteiger charge is -2.38. The van der Waals surface area contributed by atoms with Crippen molar-refractivity contribution in [2.45, 2.75) is 90.4 Å². The Morgan fingerprint density at radius 3 is 2.81 bits per heavy atom. The zero-order chi connectivity index (χ0) is 19.4. The van der Waals surface area contributed by atoms with Gasteiger partial charge in [-0.1, -0.05) is 6.42 Å². The average molecular weight is 375 g/mol. The molecule has 6 heteroatoms. The van der Waals surface area contributed by atoms with E-state index in [0.29, 0.717) is 24.2 Å². The van der Waals surface area contributed by atoms with Gasteiger partial charge in [0.25, 0.3) is 0 Å². The SMILES string of the molecule is CN=C(NCC(C)N1CCCCC1C)NC1CCc2cn(C(C)C)nc2C1. The van der Waals surface area contributed by atoms with Crippen LogP contribution in [0.25, 0.3) is 0 Å². The number of piperidine rings is 1. The molecule has 152 valence electrons. The number of likely N-dealkylation sites (tertiary alicyclic amines) is 1. The molecule has 1 aliphatic carbocycles. The first kappa shape index (κ1) is 20.2. The maximum atomic E-state index is 4.79. The van der Waals surface area contributed by atoms with Gasteiger partial charge in [-0.15, -0.1) is 0 Å². The summed E-state index contributed by atoms with van der Waals surface area (Å²) in [5.74, 6) is 0.920. The van der Waals surface area contributed by atoms with Crippen LogP contribution in [0.4, 0.5) is 0 Å². The highest BCUT2D eigenvalue weighted by molar-refractivity contribution is 5.80. The van der Waals surface area contributed by atoms with Crippen molar-refractivity contribution in [3.8, 4) is 0 Å². The fourth-order valence-corrected chi connectivity index (χ4v) is 4.43. The third kappa shape index (κ3) is 5.03. The van der Waals surface area contributed by atoms with E-state index in [0.717, 1.165) is 31.8 Å². The second kappa shape index (κ2) is 9.09. The van der Waals surface area contributed by atoms with Crippen molar-refractivity contribution in [3.05, 3.63) is 17.5 Å². The molecule has 1 fully saturated rings. The molecule has 3 unspecified atom stereocenters. The maximum absolute atomic E-state index is 4.79. The normalized spacial score (nSPS) is 25.3. The van der Waals surface area contributed by atoms with Crippen molar-refractivity contribution in [2.75, 3.05) is 20.1 Å². The quantitative estimate of drug-likeness (QED) is 0.615. The highest BCUT2D eigenvalue weighted by Crippen LogP contribution is 2.22. The number of nitrogens with one attached hydrogen (secondary N) is 2. The summed E-state index contributed by atoms with van der Waals surface area (Å²) in [6.07, 6.45) is 9.46. The highest BCUT2D eigenvalue weighted by atomic mass is 15.3. The maximum Gasteiger partial charge on any atom is 0.191 e. The van der Waals surface area contributed by atoms with Gasteiger partial charge in [0, 0.05) is 50.4 Å². The minimum absolute atomic E-state index is 0.406. The van der Waals surface area contributed by atoms with Gasteiger partial charge in [0.05, 0.1) is 5.69 Å². The van der Waals surface area contributed by atoms with Crippen LogP contribution in [0.15, 0.2) is 11.2 Å². The number of aliphatic imine (C=N–C) groups is 1. The van der Waals surface area contributed by atoms with E-state index in [2.05, 4.69) is 59.1 Å². The summed E-state index contributed by atoms with van der Waals surface area (Å²) in [7, 11) is 1.87. The standard InChI is InChI=1S/C21H38N6/c1-15(2)27-14-18-9-10-19(12-20(18)25-27)24-21(22-5)23-13-17(4)26-11-7-6-8-16(26)3/h14-17,19H,6-13H2,1-5H3,(H2,22,23,24). The van der Waals surface area contributed by atoms with Crippen LogP contribution in [0, 0.1) is 0 Å². The molecule has 3 atom stereocenters. The topological polar surface area (TPSA) is 57.5 Å². The van der Waals surface area contributed by atoms with E-state index >= 15 is 0 Å². The first-order valence-corrected chi connectivity index (χ1v) is 10.8. The number of hydrogen-bond donors (Lipinski definition) is 2. The predicted molar refractivity (Wildman–Crippen MR) is 112 cm³/mol. The summed E-state index contributed by atoms with van der Waals surface area (Å²) >= 11 is 0. The van der Waals surface area contributed by atoms with Crippen LogP contribution in [-0.2, 0) is 12.8 Å². The fourth-order valence-electron chi connectivity index (χ4n) is 4.43. The molecule has 1 aromatic heterocycles. The molecule has 6 nitrogen and oxygen atoms in total. The van der Waals surface area contributed by atoms with Gasteiger partial charge in [-0.2, -0.15) is 5.10 Å². The molecule has 0 saturated carbocycles. The second-order valence-electron chi connectivity index (χ2n) is 8.64. The van der Waals surface area contributed by atoms with E-state index in [4.69, 9.17) is 5.10 Å². The van der Waals surface area contributed by atoms with E-state index in [1.54, 1.807) is 0 Å². The van der Waals surface area contributed by atoms with Crippen LogP contribution in [-0.4, -0.2) is 58.9 Å². The third-order valence-electron chi connectivity index (χ3n) is 6.18. The van der Waals surface area contributed by atoms with Gasteiger partial charge in [0.1, 0.15) is 0 Å². The number of fused-ring (bicyclic) bond motifs is 1. The van der Waals surface area contributed by atoms with Crippen molar-refractivity contribution >= 4 is 5.96 Å². The minimum Gasteiger partial charge on any atom is -0.355 e. The van der Waals surface area contributed by atoms with Gasteiger partial charge in [-0.3, -0.25) is 14.6 Å². The number of aromatic nitrogens is 2. The number of hydrogen-bond acceptors (Lipinski definition) is 3. The zero-order valence-corrected chi connectivity index (χ0v) is 17.8. The molecule has 0 radical (unpaired) electrons. The molecule has 3 rings (SSSR count). The number of guanidine groups is 1. The summed E-state index contributed by atoms with van der Waals surface area (Å²) < 4.78 is 2.10. The molecule has 0 bridgehead atoms. The summed E-state index contributed by atoms with van der Waals surface area (Å²) in [5, 5.41) is 12.0. The van der Waals surface area contributed by atoms with Crippen LogP contribution in [0.1, 0.15) is 70.7 Å². The van der Waals surface area contributed by atoms with Crippen molar-refractivity contribution in [1.82, 2.24) is 25.3 Å². The molecule has 27 heavy (non-hydrogen) atoms. The zero-order valence-electron chi connectivity index (χ0n) is 17.8. The lowest BCUT2D eigenvalue weighted by Crippen LogP contribution is -2.52. The minimum atomic E-state index is 0.406. The highest BCUT2D eigenvalue weighted by Gasteiger charge is 2.25. The Labute approximate surface area is 164 Å². The molecule has 2 aliphatic rings. The number of aryl methyl sites for hydroxylation is 1. The summed E-state index contributed by atoms with van der Waals surface area (Å²) in [6, 6.07) is 2.05. The molecule has 1 saturated heterocycles. The van der Waals surface area contributed by atoms with Crippen molar-refractivity contribution in [3.63, 3.8) is 0 Å². The van der Waals surface area contributed by atoms with Gasteiger partial charge in [0.15, 0.2) is 5.96 Å². The first-order chi connectivity index (χ1) is 13.0.